The van der Waals surface area contributed by atoms with Gasteiger partial charge in [0.25, 0.3) is 5.91 Å². The van der Waals surface area contributed by atoms with Gasteiger partial charge in [-0.25, -0.2) is 0 Å². The minimum absolute atomic E-state index is 0.0727. The highest BCUT2D eigenvalue weighted by molar-refractivity contribution is 6.38. The van der Waals surface area contributed by atoms with Crippen molar-refractivity contribution in [1.82, 2.24) is 26.2 Å². The maximum Gasteiger partial charge on any atom is 0.289 e. The van der Waals surface area contributed by atoms with Gasteiger partial charge in [0.15, 0.2) is 5.96 Å². The summed E-state index contributed by atoms with van der Waals surface area (Å²) in [6.45, 7) is 11.9. The topological polar surface area (TPSA) is 236 Å². The fraction of sp³-hybridized carbons (Fsp3) is 0.649. The normalized spacial score (nSPS) is 15.9. The number of guanidine groups is 1. The van der Waals surface area contributed by atoms with Gasteiger partial charge < -0.3 is 32.7 Å². The molecule has 51 heavy (non-hydrogen) atoms. The van der Waals surface area contributed by atoms with E-state index in [4.69, 9.17) is 22.3 Å². The van der Waals surface area contributed by atoms with Crippen LogP contribution in [0.4, 0.5) is 0 Å². The highest BCUT2D eigenvalue weighted by Crippen LogP contribution is 2.27. The van der Waals surface area contributed by atoms with Crippen molar-refractivity contribution in [3.63, 3.8) is 0 Å². The number of carbonyl (C=O) groups is 4. The number of nitrogens with two attached hydrogens (primary N) is 2. The van der Waals surface area contributed by atoms with E-state index < -0.39 is 47.7 Å². The number of amides is 3. The summed E-state index contributed by atoms with van der Waals surface area (Å²) in [7, 11) is 0. The van der Waals surface area contributed by atoms with Crippen LogP contribution >= 0.6 is 0 Å². The molecule has 1 saturated carbocycles. The van der Waals surface area contributed by atoms with E-state index in [9.17, 15) is 24.0 Å². The van der Waals surface area contributed by atoms with Gasteiger partial charge in [0.1, 0.15) is 17.9 Å². The molecule has 1 aliphatic carbocycles. The van der Waals surface area contributed by atoms with Gasteiger partial charge in [0.2, 0.25) is 23.9 Å². The third-order valence-corrected chi connectivity index (χ3v) is 9.25. The maximum atomic E-state index is 14.1. The number of amidine groups is 1. The molecule has 0 saturated heterocycles. The molecule has 1 aromatic rings. The molecule has 1 fully saturated rings. The standard InChI is InChI=1S/C37H60N9O5/c1-22(2)19-28(21-47)43-34(49)29(13-10-18-42-37(40)41)44-35(50)31(26-11-8-7-9-12-26)45-36(51)32(48)30(46(23(3)4)24(5)6)20-25-14-16-27(17-15-25)33(38)39/h14-17,22-24,26,28-31H,7-13,18-20H2,1-6H3,(H3,38,39)(H,43,49)(H,44,50)(H,45,51)(H4,40,41,42)/t28-,29-,30?,31-/m0/s1. The van der Waals surface area contributed by atoms with Crippen molar-refractivity contribution in [2.24, 2.45) is 23.3 Å². The Kier molecular flexibility index (Phi) is 17.7. The number of hydrogen-bond acceptors (Lipinski definition) is 8. The molecule has 0 aliphatic heterocycles. The average molecular weight is 711 g/mol. The molecule has 1 aromatic carbocycles. The number of hydrogen-bond donors (Lipinski definition) is 8. The van der Waals surface area contributed by atoms with Crippen molar-refractivity contribution < 1.29 is 24.0 Å². The van der Waals surface area contributed by atoms with Crippen LogP contribution in [-0.4, -0.2) is 89.3 Å². The quantitative estimate of drug-likeness (QED) is 0.0403. The van der Waals surface area contributed by atoms with Crippen LogP contribution in [0.2, 0.25) is 0 Å². The van der Waals surface area contributed by atoms with E-state index in [1.807, 2.05) is 52.7 Å². The number of carbonyl (C=O) groups excluding carboxylic acids is 5. The third-order valence-electron chi connectivity index (χ3n) is 9.25. The Morgan fingerprint density at radius 2 is 1.49 bits per heavy atom. The summed E-state index contributed by atoms with van der Waals surface area (Å²) in [5, 5.41) is 26.1. The molecule has 0 spiro atoms. The maximum absolute atomic E-state index is 14.1. The first kappa shape index (κ1) is 42.8. The minimum Gasteiger partial charge on any atom is -0.384 e. The molecule has 0 heterocycles. The number of ketones is 1. The SMILES string of the molecule is CC(C)C[C@@H]([C]=O)NC(=O)[C@H](CCCNC(=N)N)NC(=O)[C@@H](NC(=O)C(=O)C(Cc1ccc(C(=N)N)cc1)N(C(C)C)C(C)C)C1CCCCC1. The van der Waals surface area contributed by atoms with Gasteiger partial charge in [-0.1, -0.05) is 57.4 Å². The first-order valence-electron chi connectivity index (χ1n) is 18.2. The monoisotopic (exact) mass is 710 g/mol. The molecular weight excluding hydrogens is 650 g/mol. The molecule has 1 aliphatic rings. The summed E-state index contributed by atoms with van der Waals surface area (Å²) >= 11 is 0. The number of nitrogen functional groups attached to an aromatic ring is 1. The van der Waals surface area contributed by atoms with Crippen LogP contribution in [0.5, 0.6) is 0 Å². The summed E-state index contributed by atoms with van der Waals surface area (Å²) in [6, 6.07) is 2.99. The van der Waals surface area contributed by atoms with E-state index in [1.165, 1.54) is 0 Å². The Bertz CT molecular complexity index is 1330. The van der Waals surface area contributed by atoms with Crippen molar-refractivity contribution in [3.05, 3.63) is 35.4 Å². The van der Waals surface area contributed by atoms with Gasteiger partial charge in [-0.2, -0.15) is 0 Å². The predicted octanol–water partition coefficient (Wildman–Crippen LogP) is 2.02. The second-order valence-electron chi connectivity index (χ2n) is 14.5. The number of Topliss-reactive ketones (excluding diaryl/α,β-unsaturated/α-hetero) is 1. The summed E-state index contributed by atoms with van der Waals surface area (Å²) in [4.78, 5) is 69.2. The smallest absolute Gasteiger partial charge is 0.289 e. The summed E-state index contributed by atoms with van der Waals surface area (Å²) in [6.07, 6.45) is 7.03. The van der Waals surface area contributed by atoms with E-state index >= 15 is 0 Å². The average Bonchev–Trinajstić information content (AvgIpc) is 3.07. The number of benzene rings is 1. The molecule has 4 atom stereocenters. The van der Waals surface area contributed by atoms with E-state index in [1.54, 1.807) is 24.3 Å². The zero-order chi connectivity index (χ0) is 38.2. The van der Waals surface area contributed by atoms with Gasteiger partial charge in [-0.15, -0.1) is 0 Å². The highest BCUT2D eigenvalue weighted by atomic mass is 16.2. The van der Waals surface area contributed by atoms with Gasteiger partial charge >= 0.3 is 0 Å². The molecule has 2 rings (SSSR count). The van der Waals surface area contributed by atoms with E-state index in [0.717, 1.165) is 24.8 Å². The van der Waals surface area contributed by atoms with Crippen LogP contribution in [-0.2, 0) is 30.4 Å². The molecule has 3 amide bonds. The Morgan fingerprint density at radius 3 is 2.00 bits per heavy atom. The lowest BCUT2D eigenvalue weighted by molar-refractivity contribution is -0.144. The summed E-state index contributed by atoms with van der Waals surface area (Å²) < 4.78 is 0. The molecule has 10 N–H and O–H groups in total. The van der Waals surface area contributed by atoms with Crippen LogP contribution in [0.1, 0.15) is 104 Å². The van der Waals surface area contributed by atoms with E-state index in [2.05, 4.69) is 21.3 Å². The van der Waals surface area contributed by atoms with E-state index in [0.29, 0.717) is 31.2 Å². The molecule has 0 aromatic heterocycles. The second kappa shape index (κ2) is 21.1. The van der Waals surface area contributed by atoms with Crippen LogP contribution in [0.15, 0.2) is 24.3 Å². The molecule has 14 nitrogen and oxygen atoms in total. The number of nitrogens with one attached hydrogen (secondary N) is 6. The molecule has 283 valence electrons. The van der Waals surface area contributed by atoms with Crippen LogP contribution in [0.3, 0.4) is 0 Å². The lowest BCUT2D eigenvalue weighted by Crippen LogP contribution is -2.60. The summed E-state index contributed by atoms with van der Waals surface area (Å²) in [5.41, 5.74) is 12.4. The van der Waals surface area contributed by atoms with Crippen LogP contribution in [0.25, 0.3) is 0 Å². The molecule has 1 unspecified atom stereocenters. The van der Waals surface area contributed by atoms with Crippen molar-refractivity contribution >= 4 is 41.6 Å². The van der Waals surface area contributed by atoms with Gasteiger partial charge in [0.05, 0.1) is 12.1 Å². The third kappa shape index (κ3) is 14.1. The van der Waals surface area contributed by atoms with Crippen molar-refractivity contribution in [2.45, 2.75) is 136 Å². The zero-order valence-corrected chi connectivity index (χ0v) is 31.1. The minimum atomic E-state index is -1.07. The Balaban J connectivity index is 2.39. The Labute approximate surface area is 303 Å². The van der Waals surface area contributed by atoms with Crippen molar-refractivity contribution in [2.75, 3.05) is 6.54 Å². The molecule has 0 bridgehead atoms. The van der Waals surface area contributed by atoms with Gasteiger partial charge in [-0.05, 0) is 83.6 Å². The van der Waals surface area contributed by atoms with Crippen LogP contribution in [0, 0.1) is 22.7 Å². The highest BCUT2D eigenvalue weighted by Gasteiger charge is 2.39. The summed E-state index contributed by atoms with van der Waals surface area (Å²) in [5.74, 6) is -3.14. The lowest BCUT2D eigenvalue weighted by atomic mass is 9.83. The first-order valence-corrected chi connectivity index (χ1v) is 18.2. The predicted molar refractivity (Wildman–Crippen MR) is 199 cm³/mol. The lowest BCUT2D eigenvalue weighted by Gasteiger charge is -2.37. The Hall–Kier alpha value is -4.33. The van der Waals surface area contributed by atoms with Crippen LogP contribution < -0.4 is 32.7 Å². The van der Waals surface area contributed by atoms with Crippen molar-refractivity contribution in [3.8, 4) is 0 Å². The first-order chi connectivity index (χ1) is 24.0. The second-order valence-corrected chi connectivity index (χ2v) is 14.5. The van der Waals surface area contributed by atoms with Gasteiger partial charge in [-0.3, -0.25) is 39.7 Å². The number of rotatable bonds is 21. The molecular formula is C37H60N9O5. The molecule has 14 heteroatoms. The largest absolute Gasteiger partial charge is 0.384 e. The fourth-order valence-corrected chi connectivity index (χ4v) is 6.86. The number of nitrogens with zero attached hydrogens (tertiary/aromatic N) is 1. The van der Waals surface area contributed by atoms with Crippen molar-refractivity contribution in [1.29, 1.82) is 10.8 Å². The van der Waals surface area contributed by atoms with Gasteiger partial charge in [0, 0.05) is 24.2 Å². The molecule has 1 radical (unpaired) electrons. The van der Waals surface area contributed by atoms with E-state index in [-0.39, 0.29) is 55.1 Å². The fourth-order valence-electron chi connectivity index (χ4n) is 6.86. The zero-order valence-electron chi connectivity index (χ0n) is 31.1. The Morgan fingerprint density at radius 1 is 0.882 bits per heavy atom.